The third-order valence-electron chi connectivity index (χ3n) is 3.67. The molecule has 118 valence electrons. The number of aryl methyl sites for hydroxylation is 1. The Labute approximate surface area is 140 Å². The van der Waals surface area contributed by atoms with E-state index in [0.717, 1.165) is 15.6 Å². The summed E-state index contributed by atoms with van der Waals surface area (Å²) < 4.78 is 31.0. The molecule has 0 saturated carbocycles. The molecule has 0 saturated heterocycles. The second kappa shape index (κ2) is 6.94. The average Bonchev–Trinajstić information content (AvgIpc) is 2.46. The van der Waals surface area contributed by atoms with Crippen LogP contribution in [0.1, 0.15) is 30.9 Å². The van der Waals surface area contributed by atoms with Gasteiger partial charge in [0.25, 0.3) is 10.1 Å². The van der Waals surface area contributed by atoms with Crippen LogP contribution in [-0.4, -0.2) is 14.5 Å². The third-order valence-corrected chi connectivity index (χ3v) is 5.57. The van der Waals surface area contributed by atoms with Crippen molar-refractivity contribution in [2.45, 2.75) is 37.7 Å². The van der Waals surface area contributed by atoms with Gasteiger partial charge in [-0.05, 0) is 43.7 Å². The van der Waals surface area contributed by atoms with Gasteiger partial charge >= 0.3 is 0 Å². The number of benzene rings is 2. The molecule has 2 aromatic rings. The lowest BCUT2D eigenvalue weighted by atomic mass is 9.97. The SMILES string of the molecule is Cc1ccc(S(=O)(=O)O[C@H](C)[C@@H](C)c2cccc(Br)c2)cc1. The lowest BCUT2D eigenvalue weighted by Crippen LogP contribution is -2.21. The monoisotopic (exact) mass is 382 g/mol. The Morgan fingerprint density at radius 3 is 2.27 bits per heavy atom. The molecule has 0 fully saturated rings. The fraction of sp³-hybridized carbons (Fsp3) is 0.294. The Morgan fingerprint density at radius 2 is 1.68 bits per heavy atom. The lowest BCUT2D eigenvalue weighted by Gasteiger charge is -2.20. The van der Waals surface area contributed by atoms with E-state index in [1.807, 2.05) is 38.1 Å². The minimum absolute atomic E-state index is 0.0438. The maximum absolute atomic E-state index is 12.3. The molecular weight excluding hydrogens is 364 g/mol. The summed E-state index contributed by atoms with van der Waals surface area (Å²) in [5.41, 5.74) is 2.04. The Bertz CT molecular complexity index is 739. The van der Waals surface area contributed by atoms with Crippen LogP contribution in [0.4, 0.5) is 0 Å². The maximum Gasteiger partial charge on any atom is 0.297 e. The van der Waals surface area contributed by atoms with Crippen LogP contribution >= 0.6 is 15.9 Å². The highest BCUT2D eigenvalue weighted by molar-refractivity contribution is 9.10. The summed E-state index contributed by atoms with van der Waals surface area (Å²) in [6, 6.07) is 14.5. The fourth-order valence-electron chi connectivity index (χ4n) is 2.10. The second-order valence-corrected chi connectivity index (χ2v) is 7.90. The van der Waals surface area contributed by atoms with Crippen molar-refractivity contribution in [3.8, 4) is 0 Å². The van der Waals surface area contributed by atoms with Gasteiger partial charge in [0.05, 0.1) is 11.0 Å². The standard InChI is InChI=1S/C17H19BrO3S/c1-12-7-9-17(10-8-12)22(19,20)21-14(3)13(2)15-5-4-6-16(18)11-15/h4-11,13-14H,1-3H3/t13-,14-/m1/s1. The van der Waals surface area contributed by atoms with Crippen molar-refractivity contribution in [1.82, 2.24) is 0 Å². The largest absolute Gasteiger partial charge is 0.297 e. The van der Waals surface area contributed by atoms with Gasteiger partial charge < -0.3 is 0 Å². The fourth-order valence-corrected chi connectivity index (χ4v) is 3.67. The zero-order chi connectivity index (χ0) is 16.3. The van der Waals surface area contributed by atoms with Crippen LogP contribution in [0.2, 0.25) is 0 Å². The molecule has 5 heteroatoms. The molecule has 0 aliphatic carbocycles. The van der Waals surface area contributed by atoms with Gasteiger partial charge in [-0.1, -0.05) is 52.7 Å². The summed E-state index contributed by atoms with van der Waals surface area (Å²) in [6.45, 7) is 5.64. The quantitative estimate of drug-likeness (QED) is 0.706. The van der Waals surface area contributed by atoms with Crippen LogP contribution in [0.5, 0.6) is 0 Å². The van der Waals surface area contributed by atoms with Crippen molar-refractivity contribution in [2.75, 3.05) is 0 Å². The first-order chi connectivity index (χ1) is 10.3. The minimum atomic E-state index is -3.75. The van der Waals surface area contributed by atoms with Crippen LogP contribution in [-0.2, 0) is 14.3 Å². The Hall–Kier alpha value is -1.17. The molecule has 0 aliphatic rings. The molecule has 0 unspecified atom stereocenters. The minimum Gasteiger partial charge on any atom is -0.263 e. The molecule has 3 nitrogen and oxygen atoms in total. The summed E-state index contributed by atoms with van der Waals surface area (Å²) in [6.07, 6.45) is -0.458. The van der Waals surface area contributed by atoms with Gasteiger partial charge in [0.15, 0.2) is 0 Å². The summed E-state index contributed by atoms with van der Waals surface area (Å²) in [5.74, 6) is -0.0438. The summed E-state index contributed by atoms with van der Waals surface area (Å²) in [4.78, 5) is 0.186. The van der Waals surface area contributed by atoms with Crippen LogP contribution in [0.15, 0.2) is 57.9 Å². The predicted octanol–water partition coefficient (Wildman–Crippen LogP) is 4.66. The van der Waals surface area contributed by atoms with E-state index in [2.05, 4.69) is 15.9 Å². The highest BCUT2D eigenvalue weighted by Crippen LogP contribution is 2.26. The molecule has 0 spiro atoms. The van der Waals surface area contributed by atoms with E-state index in [0.29, 0.717) is 0 Å². The van der Waals surface area contributed by atoms with E-state index in [4.69, 9.17) is 4.18 Å². The number of halogens is 1. The Kier molecular flexibility index (Phi) is 5.42. The van der Waals surface area contributed by atoms with Gasteiger partial charge in [-0.25, -0.2) is 0 Å². The first kappa shape index (κ1) is 17.2. The van der Waals surface area contributed by atoms with Crippen LogP contribution < -0.4 is 0 Å². The van der Waals surface area contributed by atoms with Crippen LogP contribution in [0, 0.1) is 6.92 Å². The zero-order valence-corrected chi connectivity index (χ0v) is 15.2. The smallest absolute Gasteiger partial charge is 0.263 e. The topological polar surface area (TPSA) is 43.4 Å². The van der Waals surface area contributed by atoms with Crippen molar-refractivity contribution in [1.29, 1.82) is 0 Å². The van der Waals surface area contributed by atoms with E-state index in [-0.39, 0.29) is 10.8 Å². The lowest BCUT2D eigenvalue weighted by molar-refractivity contribution is 0.203. The molecular formula is C17H19BrO3S. The van der Waals surface area contributed by atoms with Crippen molar-refractivity contribution in [3.05, 3.63) is 64.1 Å². The van der Waals surface area contributed by atoms with Gasteiger partial charge in [-0.2, -0.15) is 8.42 Å². The van der Waals surface area contributed by atoms with Gasteiger partial charge in [0.2, 0.25) is 0 Å². The molecule has 22 heavy (non-hydrogen) atoms. The molecule has 0 N–H and O–H groups in total. The molecule has 2 atom stereocenters. The Balaban J connectivity index is 2.16. The van der Waals surface area contributed by atoms with E-state index < -0.39 is 16.2 Å². The van der Waals surface area contributed by atoms with E-state index >= 15 is 0 Å². The van der Waals surface area contributed by atoms with Gasteiger partial charge in [0.1, 0.15) is 0 Å². The number of rotatable bonds is 5. The highest BCUT2D eigenvalue weighted by atomic mass is 79.9. The first-order valence-electron chi connectivity index (χ1n) is 7.05. The van der Waals surface area contributed by atoms with Gasteiger partial charge in [-0.3, -0.25) is 4.18 Å². The normalized spacial score (nSPS) is 14.5. The number of hydrogen-bond donors (Lipinski definition) is 0. The summed E-state index contributed by atoms with van der Waals surface area (Å²) in [5, 5.41) is 0. The van der Waals surface area contributed by atoms with Crippen LogP contribution in [0.3, 0.4) is 0 Å². The van der Waals surface area contributed by atoms with Crippen molar-refractivity contribution >= 4 is 26.0 Å². The molecule has 2 rings (SSSR count). The predicted molar refractivity (Wildman–Crippen MR) is 91.5 cm³/mol. The van der Waals surface area contributed by atoms with Gasteiger partial charge in [0, 0.05) is 10.4 Å². The zero-order valence-electron chi connectivity index (χ0n) is 12.8. The maximum atomic E-state index is 12.3. The van der Waals surface area contributed by atoms with E-state index in [9.17, 15) is 8.42 Å². The Morgan fingerprint density at radius 1 is 1.05 bits per heavy atom. The van der Waals surface area contributed by atoms with Gasteiger partial charge in [-0.15, -0.1) is 0 Å². The van der Waals surface area contributed by atoms with Crippen LogP contribution in [0.25, 0.3) is 0 Å². The number of hydrogen-bond acceptors (Lipinski definition) is 3. The molecule has 0 aromatic heterocycles. The molecule has 0 bridgehead atoms. The van der Waals surface area contributed by atoms with Crippen molar-refractivity contribution < 1.29 is 12.6 Å². The third kappa shape index (κ3) is 4.18. The molecule has 0 radical (unpaired) electrons. The first-order valence-corrected chi connectivity index (χ1v) is 9.25. The molecule has 0 aliphatic heterocycles. The molecule has 2 aromatic carbocycles. The highest BCUT2D eigenvalue weighted by Gasteiger charge is 2.23. The second-order valence-electron chi connectivity index (χ2n) is 5.41. The average molecular weight is 383 g/mol. The van der Waals surface area contributed by atoms with E-state index in [1.54, 1.807) is 31.2 Å². The summed E-state index contributed by atoms with van der Waals surface area (Å²) in [7, 11) is -3.75. The molecule has 0 amide bonds. The summed E-state index contributed by atoms with van der Waals surface area (Å²) >= 11 is 3.43. The van der Waals surface area contributed by atoms with Crippen molar-refractivity contribution in [2.24, 2.45) is 0 Å². The molecule has 0 heterocycles. The van der Waals surface area contributed by atoms with Crippen molar-refractivity contribution in [3.63, 3.8) is 0 Å². The van der Waals surface area contributed by atoms with E-state index in [1.165, 1.54) is 0 Å².